The van der Waals surface area contributed by atoms with Crippen molar-refractivity contribution in [3.63, 3.8) is 0 Å². The van der Waals surface area contributed by atoms with Crippen LogP contribution in [-0.4, -0.2) is 28.5 Å². The molecule has 27 heavy (non-hydrogen) atoms. The fraction of sp³-hybridized carbons (Fsp3) is 0.174. The molecule has 0 saturated heterocycles. The van der Waals surface area contributed by atoms with Crippen molar-refractivity contribution in [3.05, 3.63) is 84.6 Å². The van der Waals surface area contributed by atoms with Gasteiger partial charge in [-0.05, 0) is 30.5 Å². The number of rotatable bonds is 5. The van der Waals surface area contributed by atoms with Crippen LogP contribution in [-0.2, 0) is 0 Å². The number of anilines is 1. The van der Waals surface area contributed by atoms with Gasteiger partial charge in [-0.25, -0.2) is 9.97 Å². The number of pyridine rings is 1. The highest BCUT2D eigenvalue weighted by Gasteiger charge is 2.08. The number of nitrogens with zero attached hydrogens (tertiary/aromatic N) is 4. The third-order valence-electron chi connectivity index (χ3n) is 4.64. The van der Waals surface area contributed by atoms with Crippen LogP contribution < -0.4 is 4.90 Å². The zero-order chi connectivity index (χ0) is 18.5. The van der Waals surface area contributed by atoms with Crippen molar-refractivity contribution < 1.29 is 0 Å². The highest BCUT2D eigenvalue weighted by molar-refractivity contribution is 5.75. The van der Waals surface area contributed by atoms with Gasteiger partial charge in [0.1, 0.15) is 11.3 Å². The summed E-state index contributed by atoms with van der Waals surface area (Å²) in [6, 6.07) is 14.1. The van der Waals surface area contributed by atoms with E-state index in [0.717, 1.165) is 42.0 Å². The molecule has 0 unspecified atom stereocenters. The van der Waals surface area contributed by atoms with Crippen molar-refractivity contribution in [3.8, 4) is 11.3 Å². The van der Waals surface area contributed by atoms with E-state index in [2.05, 4.69) is 47.3 Å². The number of benzene rings is 1. The van der Waals surface area contributed by atoms with Gasteiger partial charge in [0, 0.05) is 19.2 Å². The number of hydrogen-bond acceptors (Lipinski definition) is 4. The first-order valence-corrected chi connectivity index (χ1v) is 9.22. The zero-order valence-corrected chi connectivity index (χ0v) is 15.4. The molecule has 0 saturated carbocycles. The molecular formula is C23H22N4. The smallest absolute Gasteiger partial charge is 0.180 e. The van der Waals surface area contributed by atoms with E-state index in [0.29, 0.717) is 5.65 Å². The third kappa shape index (κ3) is 4.11. The molecule has 134 valence electrons. The molecule has 0 fully saturated rings. The van der Waals surface area contributed by atoms with Crippen LogP contribution in [0.2, 0.25) is 0 Å². The number of hydrogen-bond donors (Lipinski definition) is 0. The molecule has 1 aliphatic carbocycles. The minimum atomic E-state index is 0.678. The lowest BCUT2D eigenvalue weighted by Crippen LogP contribution is -2.20. The van der Waals surface area contributed by atoms with E-state index >= 15 is 0 Å². The Balaban J connectivity index is 1.54. The number of allylic oxidation sites excluding steroid dienone is 5. The van der Waals surface area contributed by atoms with Crippen molar-refractivity contribution in [2.45, 2.75) is 12.8 Å². The van der Waals surface area contributed by atoms with Crippen LogP contribution in [0.3, 0.4) is 0 Å². The molecular weight excluding hydrogens is 332 g/mol. The van der Waals surface area contributed by atoms with Gasteiger partial charge < -0.3 is 4.90 Å². The molecule has 1 aliphatic rings. The van der Waals surface area contributed by atoms with Gasteiger partial charge >= 0.3 is 0 Å². The van der Waals surface area contributed by atoms with E-state index in [-0.39, 0.29) is 0 Å². The van der Waals surface area contributed by atoms with Gasteiger partial charge in [0.25, 0.3) is 0 Å². The summed E-state index contributed by atoms with van der Waals surface area (Å²) >= 11 is 0. The molecule has 0 N–H and O–H groups in total. The molecule has 0 aliphatic heterocycles. The van der Waals surface area contributed by atoms with E-state index < -0.39 is 0 Å². The fourth-order valence-corrected chi connectivity index (χ4v) is 3.05. The third-order valence-corrected chi connectivity index (χ3v) is 4.64. The molecule has 0 atom stereocenters. The second-order valence-electron chi connectivity index (χ2n) is 6.61. The standard InChI is InChI=1S/C23H22N4/c1-27(16-15-18-9-5-2-3-6-10-18)22-14-13-20-23(26-22)25-21(17-24-20)19-11-7-4-8-12-19/h2,4-14,17H,3,15-16H2,1H3. The van der Waals surface area contributed by atoms with Crippen molar-refractivity contribution in [2.75, 3.05) is 18.5 Å². The molecule has 4 rings (SSSR count). The maximum Gasteiger partial charge on any atom is 0.180 e. The molecule has 4 heteroatoms. The van der Waals surface area contributed by atoms with Crippen LogP contribution in [0.1, 0.15) is 12.8 Å². The normalized spacial score (nSPS) is 13.4. The van der Waals surface area contributed by atoms with Gasteiger partial charge in [-0.3, -0.25) is 4.98 Å². The van der Waals surface area contributed by atoms with Crippen LogP contribution in [0, 0.1) is 0 Å². The number of aromatic nitrogens is 3. The van der Waals surface area contributed by atoms with Gasteiger partial charge in [0.15, 0.2) is 5.65 Å². The maximum absolute atomic E-state index is 4.74. The Hall–Kier alpha value is -3.27. The summed E-state index contributed by atoms with van der Waals surface area (Å²) in [4.78, 5) is 16.1. The second-order valence-corrected chi connectivity index (χ2v) is 6.61. The molecule has 3 aromatic rings. The number of fused-ring (bicyclic) bond motifs is 1. The lowest BCUT2D eigenvalue weighted by Gasteiger charge is -2.18. The Kier molecular flexibility index (Phi) is 5.06. The molecule has 2 aromatic heterocycles. The Morgan fingerprint density at radius 3 is 2.78 bits per heavy atom. The summed E-state index contributed by atoms with van der Waals surface area (Å²) in [6.45, 7) is 0.897. The fourth-order valence-electron chi connectivity index (χ4n) is 3.05. The summed E-state index contributed by atoms with van der Waals surface area (Å²) in [7, 11) is 2.07. The van der Waals surface area contributed by atoms with Gasteiger partial charge in [-0.2, -0.15) is 0 Å². The van der Waals surface area contributed by atoms with Gasteiger partial charge in [-0.1, -0.05) is 60.7 Å². The Bertz CT molecular complexity index is 1020. The van der Waals surface area contributed by atoms with Crippen LogP contribution >= 0.6 is 0 Å². The van der Waals surface area contributed by atoms with Crippen molar-refractivity contribution in [2.24, 2.45) is 0 Å². The predicted molar refractivity (Wildman–Crippen MR) is 112 cm³/mol. The quantitative estimate of drug-likeness (QED) is 0.649. The zero-order valence-electron chi connectivity index (χ0n) is 15.4. The van der Waals surface area contributed by atoms with Crippen LogP contribution in [0.4, 0.5) is 5.82 Å². The first-order valence-electron chi connectivity index (χ1n) is 9.22. The minimum Gasteiger partial charge on any atom is -0.359 e. The Morgan fingerprint density at radius 2 is 1.89 bits per heavy atom. The summed E-state index contributed by atoms with van der Waals surface area (Å²) in [6.07, 6.45) is 14.7. The largest absolute Gasteiger partial charge is 0.359 e. The topological polar surface area (TPSA) is 41.9 Å². The molecule has 0 bridgehead atoms. The first kappa shape index (κ1) is 17.2. The minimum absolute atomic E-state index is 0.678. The average Bonchev–Trinajstić information content (AvgIpc) is 3.01. The van der Waals surface area contributed by atoms with Crippen LogP contribution in [0.25, 0.3) is 22.4 Å². The summed E-state index contributed by atoms with van der Waals surface area (Å²) in [5, 5.41) is 0. The van der Waals surface area contributed by atoms with E-state index in [1.54, 1.807) is 6.20 Å². The highest BCUT2D eigenvalue weighted by Crippen LogP contribution is 2.20. The van der Waals surface area contributed by atoms with Gasteiger partial charge in [-0.15, -0.1) is 0 Å². The summed E-state index contributed by atoms with van der Waals surface area (Å²) in [5.41, 5.74) is 4.72. The molecule has 0 spiro atoms. The molecule has 1 aromatic carbocycles. The Labute approximate surface area is 159 Å². The highest BCUT2D eigenvalue weighted by atomic mass is 15.2. The van der Waals surface area contributed by atoms with Crippen molar-refractivity contribution in [1.82, 2.24) is 15.0 Å². The maximum atomic E-state index is 4.74. The summed E-state index contributed by atoms with van der Waals surface area (Å²) in [5.74, 6) is 0.913. The molecule has 0 radical (unpaired) electrons. The molecule has 4 nitrogen and oxygen atoms in total. The second kappa shape index (κ2) is 7.96. The van der Waals surface area contributed by atoms with E-state index in [1.807, 2.05) is 42.5 Å². The summed E-state index contributed by atoms with van der Waals surface area (Å²) < 4.78 is 0. The molecule has 2 heterocycles. The van der Waals surface area contributed by atoms with E-state index in [4.69, 9.17) is 9.97 Å². The van der Waals surface area contributed by atoms with Crippen LogP contribution in [0.5, 0.6) is 0 Å². The first-order chi connectivity index (χ1) is 13.3. The van der Waals surface area contributed by atoms with E-state index in [1.165, 1.54) is 5.57 Å². The van der Waals surface area contributed by atoms with Crippen molar-refractivity contribution >= 4 is 17.0 Å². The predicted octanol–water partition coefficient (Wildman–Crippen LogP) is 4.96. The lowest BCUT2D eigenvalue weighted by atomic mass is 10.1. The monoisotopic (exact) mass is 354 g/mol. The average molecular weight is 354 g/mol. The van der Waals surface area contributed by atoms with E-state index in [9.17, 15) is 0 Å². The molecule has 0 amide bonds. The van der Waals surface area contributed by atoms with Crippen molar-refractivity contribution in [1.29, 1.82) is 0 Å². The van der Waals surface area contributed by atoms with Crippen LogP contribution in [0.15, 0.2) is 84.6 Å². The van der Waals surface area contributed by atoms with Gasteiger partial charge in [0.05, 0.1) is 11.9 Å². The lowest BCUT2D eigenvalue weighted by molar-refractivity contribution is 0.864. The van der Waals surface area contributed by atoms with Gasteiger partial charge in [0.2, 0.25) is 0 Å². The Morgan fingerprint density at radius 1 is 1.00 bits per heavy atom. The SMILES string of the molecule is CN(CCC1=CC=CCC=C1)c1ccc2ncc(-c3ccccc3)nc2n1.